The highest BCUT2D eigenvalue weighted by Gasteiger charge is 2.22. The molecule has 1 saturated heterocycles. The number of fused-ring (bicyclic) bond motifs is 1. The van der Waals surface area contributed by atoms with E-state index >= 15 is 0 Å². The summed E-state index contributed by atoms with van der Waals surface area (Å²) >= 11 is 0. The van der Waals surface area contributed by atoms with Gasteiger partial charge >= 0.3 is 0 Å². The number of rotatable bonds is 4. The zero-order valence-electron chi connectivity index (χ0n) is 11.8. The predicted molar refractivity (Wildman–Crippen MR) is 77.3 cm³/mol. The third-order valence-corrected chi connectivity index (χ3v) is 4.34. The van der Waals surface area contributed by atoms with Crippen LogP contribution in [-0.4, -0.2) is 44.7 Å². The quantitative estimate of drug-likeness (QED) is 0.894. The van der Waals surface area contributed by atoms with Crippen LogP contribution in [0.1, 0.15) is 23.7 Å². The Bertz CT molecular complexity index is 421. The van der Waals surface area contributed by atoms with Crippen LogP contribution in [-0.2, 0) is 11.2 Å². The van der Waals surface area contributed by atoms with Crippen molar-refractivity contribution in [2.75, 3.05) is 39.8 Å². The number of hydrogen-bond donors (Lipinski definition) is 1. The van der Waals surface area contributed by atoms with Crippen molar-refractivity contribution in [3.05, 3.63) is 35.4 Å². The van der Waals surface area contributed by atoms with Crippen molar-refractivity contribution >= 4 is 0 Å². The van der Waals surface area contributed by atoms with E-state index in [0.717, 1.165) is 32.0 Å². The molecule has 1 N–H and O–H groups in total. The van der Waals surface area contributed by atoms with E-state index in [1.807, 2.05) is 0 Å². The summed E-state index contributed by atoms with van der Waals surface area (Å²) in [6.07, 6.45) is 2.62. The lowest BCUT2D eigenvalue weighted by atomic mass is 9.97. The van der Waals surface area contributed by atoms with Gasteiger partial charge in [0.15, 0.2) is 0 Å². The molecule has 19 heavy (non-hydrogen) atoms. The SMILES string of the molecule is CN1CCC(CNCC2OCCc3ccccc32)C1. The minimum atomic E-state index is 0.240. The molecule has 1 aromatic rings. The summed E-state index contributed by atoms with van der Waals surface area (Å²) in [5.74, 6) is 0.809. The van der Waals surface area contributed by atoms with Crippen LogP contribution < -0.4 is 5.32 Å². The molecule has 104 valence electrons. The maximum Gasteiger partial charge on any atom is 0.0952 e. The number of benzene rings is 1. The lowest BCUT2D eigenvalue weighted by Gasteiger charge is -2.26. The maximum atomic E-state index is 5.92. The molecule has 3 rings (SSSR count). The number of nitrogens with one attached hydrogen (secondary N) is 1. The minimum absolute atomic E-state index is 0.240. The fourth-order valence-electron chi connectivity index (χ4n) is 3.26. The van der Waals surface area contributed by atoms with Crippen LogP contribution in [0, 0.1) is 5.92 Å². The Labute approximate surface area is 115 Å². The Morgan fingerprint density at radius 3 is 3.05 bits per heavy atom. The van der Waals surface area contributed by atoms with Crippen LogP contribution in [0.15, 0.2) is 24.3 Å². The summed E-state index contributed by atoms with van der Waals surface area (Å²) in [4.78, 5) is 2.42. The van der Waals surface area contributed by atoms with Gasteiger partial charge in [0, 0.05) is 13.1 Å². The smallest absolute Gasteiger partial charge is 0.0952 e. The normalized spacial score (nSPS) is 27.4. The molecule has 2 aliphatic rings. The Morgan fingerprint density at radius 1 is 1.32 bits per heavy atom. The van der Waals surface area contributed by atoms with Gasteiger partial charge in [-0.25, -0.2) is 0 Å². The van der Waals surface area contributed by atoms with E-state index in [0.29, 0.717) is 0 Å². The first kappa shape index (κ1) is 13.1. The summed E-state index contributed by atoms with van der Waals surface area (Å²) in [5, 5.41) is 3.61. The van der Waals surface area contributed by atoms with Crippen LogP contribution in [0.4, 0.5) is 0 Å². The van der Waals surface area contributed by atoms with E-state index in [9.17, 15) is 0 Å². The highest BCUT2D eigenvalue weighted by atomic mass is 16.5. The van der Waals surface area contributed by atoms with E-state index in [-0.39, 0.29) is 6.10 Å². The lowest BCUT2D eigenvalue weighted by Crippen LogP contribution is -2.31. The van der Waals surface area contributed by atoms with Gasteiger partial charge in [0.2, 0.25) is 0 Å². The summed E-state index contributed by atoms with van der Waals surface area (Å²) in [6.45, 7) is 5.39. The van der Waals surface area contributed by atoms with Gasteiger partial charge < -0.3 is 15.0 Å². The van der Waals surface area contributed by atoms with E-state index in [2.05, 4.69) is 41.5 Å². The topological polar surface area (TPSA) is 24.5 Å². The Balaban J connectivity index is 1.51. The molecular weight excluding hydrogens is 236 g/mol. The number of likely N-dealkylation sites (tertiary alicyclic amines) is 1. The highest BCUT2D eigenvalue weighted by Crippen LogP contribution is 2.26. The maximum absolute atomic E-state index is 5.92. The van der Waals surface area contributed by atoms with Crippen LogP contribution in [0.5, 0.6) is 0 Å². The second-order valence-corrected chi connectivity index (χ2v) is 5.88. The van der Waals surface area contributed by atoms with E-state index in [1.54, 1.807) is 0 Å². The fraction of sp³-hybridized carbons (Fsp3) is 0.625. The molecule has 2 aliphatic heterocycles. The molecule has 3 heteroatoms. The zero-order chi connectivity index (χ0) is 13.1. The molecular formula is C16H24N2O. The van der Waals surface area contributed by atoms with Gasteiger partial charge in [0.1, 0.15) is 0 Å². The van der Waals surface area contributed by atoms with Gasteiger partial charge in [-0.3, -0.25) is 0 Å². The average molecular weight is 260 g/mol. The third kappa shape index (κ3) is 3.16. The van der Waals surface area contributed by atoms with Crippen molar-refractivity contribution in [2.24, 2.45) is 5.92 Å². The second kappa shape index (κ2) is 6.04. The summed E-state index contributed by atoms with van der Waals surface area (Å²) in [6, 6.07) is 8.69. The molecule has 0 bridgehead atoms. The minimum Gasteiger partial charge on any atom is -0.372 e. The van der Waals surface area contributed by atoms with Crippen LogP contribution in [0.25, 0.3) is 0 Å². The van der Waals surface area contributed by atoms with E-state index < -0.39 is 0 Å². The largest absolute Gasteiger partial charge is 0.372 e. The fourth-order valence-corrected chi connectivity index (χ4v) is 3.26. The van der Waals surface area contributed by atoms with Crippen LogP contribution >= 0.6 is 0 Å². The molecule has 0 saturated carbocycles. The molecule has 2 unspecified atom stereocenters. The van der Waals surface area contributed by atoms with E-state index in [4.69, 9.17) is 4.74 Å². The summed E-state index contributed by atoms with van der Waals surface area (Å²) < 4.78 is 5.92. The Hall–Kier alpha value is -0.900. The third-order valence-electron chi connectivity index (χ3n) is 4.34. The van der Waals surface area contributed by atoms with Crippen molar-refractivity contribution in [2.45, 2.75) is 18.9 Å². The van der Waals surface area contributed by atoms with Crippen molar-refractivity contribution in [1.29, 1.82) is 0 Å². The molecule has 0 radical (unpaired) electrons. The molecule has 0 amide bonds. The predicted octanol–water partition coefficient (Wildman–Crippen LogP) is 1.84. The Morgan fingerprint density at radius 2 is 2.21 bits per heavy atom. The van der Waals surface area contributed by atoms with Gasteiger partial charge in [0.25, 0.3) is 0 Å². The van der Waals surface area contributed by atoms with Crippen molar-refractivity contribution in [3.8, 4) is 0 Å². The molecule has 2 atom stereocenters. The second-order valence-electron chi connectivity index (χ2n) is 5.88. The van der Waals surface area contributed by atoms with Gasteiger partial charge in [-0.05, 0) is 50.0 Å². The van der Waals surface area contributed by atoms with Gasteiger partial charge in [-0.15, -0.1) is 0 Å². The first-order valence-corrected chi connectivity index (χ1v) is 7.41. The molecule has 3 nitrogen and oxygen atoms in total. The molecule has 1 aromatic carbocycles. The monoisotopic (exact) mass is 260 g/mol. The van der Waals surface area contributed by atoms with Crippen LogP contribution in [0.3, 0.4) is 0 Å². The standard InChI is InChI=1S/C16H24N2O/c1-18-8-6-13(12-18)10-17-11-16-15-5-3-2-4-14(15)7-9-19-16/h2-5,13,16-17H,6-12H2,1H3. The number of nitrogens with zero attached hydrogens (tertiary/aromatic N) is 1. The van der Waals surface area contributed by atoms with Crippen molar-refractivity contribution in [1.82, 2.24) is 10.2 Å². The van der Waals surface area contributed by atoms with Crippen LogP contribution in [0.2, 0.25) is 0 Å². The van der Waals surface area contributed by atoms with Crippen molar-refractivity contribution < 1.29 is 4.74 Å². The van der Waals surface area contributed by atoms with E-state index in [1.165, 1.54) is 30.6 Å². The first-order chi connectivity index (χ1) is 9.33. The number of ether oxygens (including phenoxy) is 1. The van der Waals surface area contributed by atoms with Gasteiger partial charge in [-0.1, -0.05) is 24.3 Å². The van der Waals surface area contributed by atoms with Gasteiger partial charge in [-0.2, -0.15) is 0 Å². The molecule has 2 heterocycles. The molecule has 0 spiro atoms. The lowest BCUT2D eigenvalue weighted by molar-refractivity contribution is 0.0420. The number of hydrogen-bond acceptors (Lipinski definition) is 3. The zero-order valence-corrected chi connectivity index (χ0v) is 11.8. The molecule has 0 aromatic heterocycles. The first-order valence-electron chi connectivity index (χ1n) is 7.41. The average Bonchev–Trinajstić information content (AvgIpc) is 2.85. The molecule has 0 aliphatic carbocycles. The molecule has 1 fully saturated rings. The summed E-state index contributed by atoms with van der Waals surface area (Å²) in [7, 11) is 2.21. The van der Waals surface area contributed by atoms with Crippen molar-refractivity contribution in [3.63, 3.8) is 0 Å². The van der Waals surface area contributed by atoms with Gasteiger partial charge in [0.05, 0.1) is 12.7 Å². The Kier molecular flexibility index (Phi) is 4.16. The summed E-state index contributed by atoms with van der Waals surface area (Å²) in [5.41, 5.74) is 2.84. The highest BCUT2D eigenvalue weighted by molar-refractivity contribution is 5.31.